The van der Waals surface area contributed by atoms with E-state index >= 15 is 0 Å². The van der Waals surface area contributed by atoms with Crippen molar-refractivity contribution in [2.24, 2.45) is 5.73 Å². The zero-order chi connectivity index (χ0) is 12.3. The first-order chi connectivity index (χ1) is 7.36. The fourth-order valence-corrected chi connectivity index (χ4v) is 1.87. The number of aliphatic hydroxyl groups excluding tert-OH is 1. The van der Waals surface area contributed by atoms with E-state index in [0.29, 0.717) is 5.56 Å². The Labute approximate surface area is 106 Å². The van der Waals surface area contributed by atoms with Crippen LogP contribution in [0.2, 0.25) is 0 Å². The number of rotatable bonds is 4. The van der Waals surface area contributed by atoms with Gasteiger partial charge in [0.05, 0.1) is 17.0 Å². The summed E-state index contributed by atoms with van der Waals surface area (Å²) in [5, 5.41) is 9.57. The van der Waals surface area contributed by atoms with Gasteiger partial charge in [-0.1, -0.05) is 12.1 Å². The van der Waals surface area contributed by atoms with Crippen LogP contribution >= 0.6 is 12.4 Å². The highest BCUT2D eigenvalue weighted by Gasteiger charge is 2.17. The standard InChI is InChI=1S/C10H14FNO3S.ClH/c1-16(14,15)8-4-2-7(3-5-8)10(13)9(12)6-11;/h2-5,9-10,13H,6,12H2,1H3;1H. The molecule has 0 radical (unpaired) electrons. The van der Waals surface area contributed by atoms with Gasteiger partial charge in [-0.05, 0) is 17.7 Å². The molecule has 0 saturated carbocycles. The molecular weight excluding hydrogens is 269 g/mol. The van der Waals surface area contributed by atoms with E-state index in [9.17, 15) is 17.9 Å². The highest BCUT2D eigenvalue weighted by molar-refractivity contribution is 7.90. The first-order valence-corrected chi connectivity index (χ1v) is 6.55. The summed E-state index contributed by atoms with van der Waals surface area (Å²) in [4.78, 5) is 0.150. The van der Waals surface area contributed by atoms with Crippen molar-refractivity contribution in [2.45, 2.75) is 17.0 Å². The molecule has 98 valence electrons. The monoisotopic (exact) mass is 283 g/mol. The van der Waals surface area contributed by atoms with Crippen molar-refractivity contribution < 1.29 is 17.9 Å². The summed E-state index contributed by atoms with van der Waals surface area (Å²) in [5.41, 5.74) is 5.73. The molecule has 7 heteroatoms. The molecule has 0 spiro atoms. The van der Waals surface area contributed by atoms with Crippen molar-refractivity contribution in [2.75, 3.05) is 12.9 Å². The van der Waals surface area contributed by atoms with Crippen LogP contribution < -0.4 is 5.73 Å². The fourth-order valence-electron chi connectivity index (χ4n) is 1.24. The molecule has 0 heterocycles. The normalized spacial score (nSPS) is 14.8. The second-order valence-corrected chi connectivity index (χ2v) is 5.62. The van der Waals surface area contributed by atoms with Gasteiger partial charge >= 0.3 is 0 Å². The van der Waals surface area contributed by atoms with Crippen LogP contribution in [0, 0.1) is 0 Å². The summed E-state index contributed by atoms with van der Waals surface area (Å²) in [7, 11) is -3.26. The largest absolute Gasteiger partial charge is 0.387 e. The molecule has 2 unspecified atom stereocenters. The van der Waals surface area contributed by atoms with Crippen LogP contribution in [0.15, 0.2) is 29.2 Å². The van der Waals surface area contributed by atoms with Gasteiger partial charge in [0.15, 0.2) is 9.84 Å². The van der Waals surface area contributed by atoms with Gasteiger partial charge in [0, 0.05) is 6.26 Å². The Hall–Kier alpha value is -0.690. The number of benzene rings is 1. The Morgan fingerprint density at radius 2 is 1.82 bits per heavy atom. The molecule has 3 N–H and O–H groups in total. The minimum Gasteiger partial charge on any atom is -0.387 e. The molecule has 0 saturated heterocycles. The summed E-state index contributed by atoms with van der Waals surface area (Å²) in [6.07, 6.45) is -0.0373. The fraction of sp³-hybridized carbons (Fsp3) is 0.400. The topological polar surface area (TPSA) is 80.4 Å². The molecule has 1 rings (SSSR count). The number of nitrogens with two attached hydrogens (primary N) is 1. The number of aliphatic hydroxyl groups is 1. The number of halogens is 2. The van der Waals surface area contributed by atoms with Gasteiger partial charge in [-0.15, -0.1) is 12.4 Å². The quantitative estimate of drug-likeness (QED) is 0.858. The van der Waals surface area contributed by atoms with E-state index in [4.69, 9.17) is 5.73 Å². The zero-order valence-electron chi connectivity index (χ0n) is 9.21. The van der Waals surface area contributed by atoms with Crippen LogP contribution in [0.3, 0.4) is 0 Å². The maximum absolute atomic E-state index is 12.2. The molecule has 0 aliphatic carbocycles. The third-order valence-electron chi connectivity index (χ3n) is 2.23. The van der Waals surface area contributed by atoms with Crippen LogP contribution in [0.1, 0.15) is 11.7 Å². The Bertz CT molecular complexity index is 449. The third-order valence-corrected chi connectivity index (χ3v) is 3.36. The van der Waals surface area contributed by atoms with Crippen LogP contribution in [0.4, 0.5) is 4.39 Å². The molecule has 0 aliphatic rings. The van der Waals surface area contributed by atoms with Crippen LogP contribution in [0.5, 0.6) is 0 Å². The predicted octanol–water partition coefficient (Wildman–Crippen LogP) is 0.842. The van der Waals surface area contributed by atoms with Crippen LogP contribution in [-0.4, -0.2) is 32.5 Å². The predicted molar refractivity (Wildman–Crippen MR) is 65.7 cm³/mol. The maximum Gasteiger partial charge on any atom is 0.175 e. The maximum atomic E-state index is 12.2. The van der Waals surface area contributed by atoms with E-state index in [-0.39, 0.29) is 17.3 Å². The summed E-state index contributed by atoms with van der Waals surface area (Å²) < 4.78 is 34.5. The molecule has 1 aromatic rings. The van der Waals surface area contributed by atoms with Gasteiger partial charge in [-0.25, -0.2) is 12.8 Å². The first kappa shape index (κ1) is 16.3. The molecule has 0 aliphatic heterocycles. The van der Waals surface area contributed by atoms with Gasteiger partial charge in [0.1, 0.15) is 6.67 Å². The average Bonchev–Trinajstić information content (AvgIpc) is 2.26. The van der Waals surface area contributed by atoms with Crippen molar-refractivity contribution in [1.29, 1.82) is 0 Å². The second-order valence-electron chi connectivity index (χ2n) is 3.60. The van der Waals surface area contributed by atoms with Gasteiger partial charge in [0.25, 0.3) is 0 Å². The lowest BCUT2D eigenvalue weighted by Crippen LogP contribution is -2.30. The molecule has 0 aromatic heterocycles. The third kappa shape index (κ3) is 4.23. The first-order valence-electron chi connectivity index (χ1n) is 4.66. The van der Waals surface area contributed by atoms with E-state index in [1.54, 1.807) is 0 Å². The Morgan fingerprint density at radius 3 is 2.18 bits per heavy atom. The van der Waals surface area contributed by atoms with E-state index < -0.39 is 28.7 Å². The van der Waals surface area contributed by atoms with Crippen molar-refractivity contribution >= 4 is 22.2 Å². The Balaban J connectivity index is 0.00000256. The van der Waals surface area contributed by atoms with E-state index in [2.05, 4.69) is 0 Å². The lowest BCUT2D eigenvalue weighted by Gasteiger charge is -2.16. The van der Waals surface area contributed by atoms with Crippen molar-refractivity contribution in [3.8, 4) is 0 Å². The molecule has 4 nitrogen and oxygen atoms in total. The molecule has 2 atom stereocenters. The highest BCUT2D eigenvalue weighted by Crippen LogP contribution is 2.18. The lowest BCUT2D eigenvalue weighted by molar-refractivity contribution is 0.132. The van der Waals surface area contributed by atoms with Crippen molar-refractivity contribution in [1.82, 2.24) is 0 Å². The lowest BCUT2D eigenvalue weighted by atomic mass is 10.0. The molecule has 0 bridgehead atoms. The van der Waals surface area contributed by atoms with E-state index in [1.807, 2.05) is 0 Å². The smallest absolute Gasteiger partial charge is 0.175 e. The molecule has 0 amide bonds. The zero-order valence-corrected chi connectivity index (χ0v) is 10.8. The molecule has 1 aromatic carbocycles. The SMILES string of the molecule is CS(=O)(=O)c1ccc(C(O)C(N)CF)cc1.Cl. The molecular formula is C10H15ClFNO3S. The minimum absolute atomic E-state index is 0. The van der Waals surface area contributed by atoms with E-state index in [0.717, 1.165) is 6.26 Å². The van der Waals surface area contributed by atoms with Crippen molar-refractivity contribution in [3.63, 3.8) is 0 Å². The van der Waals surface area contributed by atoms with Gasteiger partial charge in [-0.2, -0.15) is 0 Å². The van der Waals surface area contributed by atoms with Crippen LogP contribution in [-0.2, 0) is 9.84 Å². The number of alkyl halides is 1. The van der Waals surface area contributed by atoms with Gasteiger partial charge < -0.3 is 10.8 Å². The molecule has 17 heavy (non-hydrogen) atoms. The Kier molecular flexibility index (Phi) is 6.04. The van der Waals surface area contributed by atoms with Crippen molar-refractivity contribution in [3.05, 3.63) is 29.8 Å². The summed E-state index contributed by atoms with van der Waals surface area (Å²) >= 11 is 0. The Morgan fingerprint density at radius 1 is 1.35 bits per heavy atom. The summed E-state index contributed by atoms with van der Waals surface area (Å²) in [6, 6.07) is 4.58. The number of hydrogen-bond donors (Lipinski definition) is 2. The number of sulfone groups is 1. The van der Waals surface area contributed by atoms with Gasteiger partial charge in [0.2, 0.25) is 0 Å². The average molecular weight is 284 g/mol. The molecule has 0 fully saturated rings. The van der Waals surface area contributed by atoms with Crippen LogP contribution in [0.25, 0.3) is 0 Å². The summed E-state index contributed by atoms with van der Waals surface area (Å²) in [6.45, 7) is -0.838. The highest BCUT2D eigenvalue weighted by atomic mass is 35.5. The second kappa shape index (κ2) is 6.30. The minimum atomic E-state index is -3.26. The summed E-state index contributed by atoms with van der Waals surface area (Å²) in [5.74, 6) is 0. The number of hydrogen-bond acceptors (Lipinski definition) is 4. The van der Waals surface area contributed by atoms with E-state index in [1.165, 1.54) is 24.3 Å². The van der Waals surface area contributed by atoms with Gasteiger partial charge in [-0.3, -0.25) is 0 Å².